The highest BCUT2D eigenvalue weighted by Crippen LogP contribution is 2.28. The number of nitrogens with zero attached hydrogens (tertiary/aromatic N) is 2. The number of rotatable bonds is 2. The van der Waals surface area contributed by atoms with Gasteiger partial charge in [-0.05, 0) is 44.0 Å². The molecule has 2 bridgehead atoms. The quantitative estimate of drug-likeness (QED) is 0.688. The lowest BCUT2D eigenvalue weighted by molar-refractivity contribution is -0.122. The van der Waals surface area contributed by atoms with E-state index in [1.807, 2.05) is 6.92 Å². The molecular formula is C24H27FN4O5. The first-order valence-corrected chi connectivity index (χ1v) is 11.4. The van der Waals surface area contributed by atoms with Crippen molar-refractivity contribution in [1.82, 2.24) is 20.1 Å². The second-order valence-electron chi connectivity index (χ2n) is 8.39. The standard InChI is InChI=1S/C24H27FN4O5/c1-2-28-9-7-15(11-22(28)31)24(33)29-17-4-5-18(29)14-27-23(32)19-12-16(25)3-6-20(19)34-10-8-26-21(30)13-17/h3,6-7,9,11-12,17-18H,2,4-5,8,10,13-14H2,1H3,(H,26,30)(H,27,32)/t17-,18+/m0/s1. The lowest BCUT2D eigenvalue weighted by Gasteiger charge is -2.31. The average Bonchev–Trinajstić information content (AvgIpc) is 3.21. The summed E-state index contributed by atoms with van der Waals surface area (Å²) in [4.78, 5) is 52.7. The van der Waals surface area contributed by atoms with E-state index in [-0.39, 0.29) is 72.5 Å². The summed E-state index contributed by atoms with van der Waals surface area (Å²) >= 11 is 0. The first kappa shape index (κ1) is 23.5. The highest BCUT2D eigenvalue weighted by atomic mass is 19.1. The number of hydrogen-bond donors (Lipinski definition) is 2. The number of ether oxygens (including phenoxy) is 1. The number of carbonyl (C=O) groups is 3. The molecule has 2 aliphatic heterocycles. The summed E-state index contributed by atoms with van der Waals surface area (Å²) in [5, 5.41) is 5.55. The van der Waals surface area contributed by atoms with Crippen LogP contribution in [-0.4, -0.2) is 59.0 Å². The zero-order chi connectivity index (χ0) is 24.2. The van der Waals surface area contributed by atoms with Gasteiger partial charge in [0.25, 0.3) is 17.4 Å². The topological polar surface area (TPSA) is 110 Å². The maximum absolute atomic E-state index is 13.8. The number of aromatic nitrogens is 1. The molecule has 0 saturated carbocycles. The van der Waals surface area contributed by atoms with Gasteiger partial charge in [0.05, 0.1) is 12.1 Å². The highest BCUT2D eigenvalue weighted by Gasteiger charge is 2.38. The van der Waals surface area contributed by atoms with Gasteiger partial charge in [-0.1, -0.05) is 0 Å². The number of pyridine rings is 1. The normalized spacial score (nSPS) is 21.1. The molecule has 0 unspecified atom stereocenters. The van der Waals surface area contributed by atoms with Gasteiger partial charge in [0.15, 0.2) is 0 Å². The van der Waals surface area contributed by atoms with Crippen molar-refractivity contribution in [2.75, 3.05) is 19.7 Å². The summed E-state index contributed by atoms with van der Waals surface area (Å²) in [5.74, 6) is -1.48. The molecule has 10 heteroatoms. The van der Waals surface area contributed by atoms with E-state index in [1.54, 1.807) is 17.2 Å². The summed E-state index contributed by atoms with van der Waals surface area (Å²) in [6, 6.07) is 5.79. The van der Waals surface area contributed by atoms with Gasteiger partial charge >= 0.3 is 0 Å². The van der Waals surface area contributed by atoms with E-state index >= 15 is 0 Å². The Labute approximate surface area is 195 Å². The molecule has 2 atom stereocenters. The Morgan fingerprint density at radius 3 is 2.68 bits per heavy atom. The molecule has 9 nitrogen and oxygen atoms in total. The Balaban J connectivity index is 1.63. The van der Waals surface area contributed by atoms with Crippen LogP contribution in [0.25, 0.3) is 0 Å². The van der Waals surface area contributed by atoms with Crippen LogP contribution in [0.3, 0.4) is 0 Å². The van der Waals surface area contributed by atoms with Crippen molar-refractivity contribution in [1.29, 1.82) is 0 Å². The fraction of sp³-hybridized carbons (Fsp3) is 0.417. The zero-order valence-electron chi connectivity index (χ0n) is 18.9. The minimum atomic E-state index is -0.577. The van der Waals surface area contributed by atoms with E-state index < -0.39 is 11.7 Å². The second kappa shape index (κ2) is 10.1. The van der Waals surface area contributed by atoms with E-state index in [2.05, 4.69) is 10.6 Å². The highest BCUT2D eigenvalue weighted by molar-refractivity contribution is 5.97. The van der Waals surface area contributed by atoms with Gasteiger partial charge in [0, 0.05) is 49.4 Å². The average molecular weight is 471 g/mol. The Hall–Kier alpha value is -3.69. The Bertz CT molecular complexity index is 1160. The Kier molecular flexibility index (Phi) is 6.95. The SMILES string of the molecule is CCn1ccc(C(=O)N2[C@@H]3CC[C@H]2CC(=O)NCCOc2ccc(F)cc2C(=O)NC3)cc1=O. The van der Waals surface area contributed by atoms with Crippen LogP contribution in [0, 0.1) is 5.82 Å². The van der Waals surface area contributed by atoms with Crippen molar-refractivity contribution >= 4 is 17.7 Å². The molecule has 1 aromatic carbocycles. The summed E-state index contributed by atoms with van der Waals surface area (Å²) in [6.45, 7) is 2.73. The first-order chi connectivity index (χ1) is 16.4. The van der Waals surface area contributed by atoms with E-state index in [4.69, 9.17) is 4.74 Å². The Morgan fingerprint density at radius 2 is 1.91 bits per heavy atom. The van der Waals surface area contributed by atoms with Gasteiger partial charge in [-0.2, -0.15) is 0 Å². The monoisotopic (exact) mass is 470 g/mol. The van der Waals surface area contributed by atoms with Crippen LogP contribution in [0.15, 0.2) is 41.3 Å². The number of carbonyl (C=O) groups excluding carboxylic acids is 3. The van der Waals surface area contributed by atoms with E-state index in [9.17, 15) is 23.6 Å². The minimum Gasteiger partial charge on any atom is -0.491 e. The third-order valence-electron chi connectivity index (χ3n) is 6.23. The molecule has 1 fully saturated rings. The molecular weight excluding hydrogens is 443 g/mol. The van der Waals surface area contributed by atoms with E-state index in [1.165, 1.54) is 22.8 Å². The summed E-state index contributed by atoms with van der Waals surface area (Å²) in [6.07, 6.45) is 2.82. The maximum atomic E-state index is 13.8. The minimum absolute atomic E-state index is 0.0407. The van der Waals surface area contributed by atoms with Crippen molar-refractivity contribution in [3.63, 3.8) is 0 Å². The van der Waals surface area contributed by atoms with Crippen molar-refractivity contribution in [3.8, 4) is 5.75 Å². The number of hydrogen-bond acceptors (Lipinski definition) is 5. The van der Waals surface area contributed by atoms with Gasteiger partial charge in [-0.25, -0.2) is 4.39 Å². The molecule has 1 saturated heterocycles. The van der Waals surface area contributed by atoms with Crippen molar-refractivity contribution in [2.24, 2.45) is 0 Å². The molecule has 1 aromatic heterocycles. The van der Waals surface area contributed by atoms with Crippen molar-refractivity contribution in [3.05, 3.63) is 63.8 Å². The summed E-state index contributed by atoms with van der Waals surface area (Å²) < 4.78 is 20.9. The fourth-order valence-corrected chi connectivity index (χ4v) is 4.49. The number of halogens is 1. The molecule has 3 amide bonds. The van der Waals surface area contributed by atoms with Crippen LogP contribution < -0.4 is 20.9 Å². The van der Waals surface area contributed by atoms with Gasteiger partial charge in [-0.15, -0.1) is 0 Å². The van der Waals surface area contributed by atoms with Gasteiger partial charge < -0.3 is 24.8 Å². The molecule has 4 rings (SSSR count). The molecule has 0 spiro atoms. The number of fused-ring (bicyclic) bond motifs is 3. The number of nitrogens with one attached hydrogen (secondary N) is 2. The van der Waals surface area contributed by atoms with Crippen LogP contribution in [0.1, 0.15) is 46.9 Å². The van der Waals surface area contributed by atoms with Crippen LogP contribution in [0.5, 0.6) is 5.75 Å². The molecule has 2 N–H and O–H groups in total. The first-order valence-electron chi connectivity index (χ1n) is 11.4. The van der Waals surface area contributed by atoms with Gasteiger partial charge in [-0.3, -0.25) is 19.2 Å². The van der Waals surface area contributed by atoms with E-state index in [0.717, 1.165) is 6.07 Å². The molecule has 2 aromatic rings. The van der Waals surface area contributed by atoms with Crippen LogP contribution in [0.4, 0.5) is 4.39 Å². The number of aryl methyl sites for hydroxylation is 1. The Morgan fingerprint density at radius 1 is 1.12 bits per heavy atom. The van der Waals surface area contributed by atoms with Crippen molar-refractivity contribution in [2.45, 2.75) is 44.8 Å². The molecule has 180 valence electrons. The summed E-state index contributed by atoms with van der Waals surface area (Å²) in [7, 11) is 0. The third kappa shape index (κ3) is 4.95. The smallest absolute Gasteiger partial charge is 0.255 e. The molecule has 34 heavy (non-hydrogen) atoms. The van der Waals surface area contributed by atoms with Gasteiger partial charge in [0.1, 0.15) is 18.2 Å². The largest absolute Gasteiger partial charge is 0.491 e. The van der Waals surface area contributed by atoms with Crippen LogP contribution >= 0.6 is 0 Å². The predicted molar refractivity (Wildman–Crippen MR) is 121 cm³/mol. The fourth-order valence-electron chi connectivity index (χ4n) is 4.49. The van der Waals surface area contributed by atoms with Gasteiger partial charge in [0.2, 0.25) is 5.91 Å². The van der Waals surface area contributed by atoms with E-state index in [0.29, 0.717) is 19.4 Å². The van der Waals surface area contributed by atoms with Crippen molar-refractivity contribution < 1.29 is 23.5 Å². The third-order valence-corrected chi connectivity index (χ3v) is 6.23. The number of amides is 3. The number of benzene rings is 1. The molecule has 3 heterocycles. The molecule has 2 aliphatic rings. The van der Waals surface area contributed by atoms with Crippen LogP contribution in [-0.2, 0) is 11.3 Å². The molecule has 0 radical (unpaired) electrons. The summed E-state index contributed by atoms with van der Waals surface area (Å²) in [5.41, 5.74) is -0.00767. The molecule has 0 aliphatic carbocycles. The second-order valence-corrected chi connectivity index (χ2v) is 8.39. The van der Waals surface area contributed by atoms with Crippen LogP contribution in [0.2, 0.25) is 0 Å². The lowest BCUT2D eigenvalue weighted by Crippen LogP contribution is -2.48. The lowest BCUT2D eigenvalue weighted by atomic mass is 10.1. The zero-order valence-corrected chi connectivity index (χ0v) is 18.9. The predicted octanol–water partition coefficient (Wildman–Crippen LogP) is 1.31. The maximum Gasteiger partial charge on any atom is 0.255 e.